The Kier molecular flexibility index (Phi) is 5.06. The maximum Gasteiger partial charge on any atom is 0.273 e. The number of aromatic amines is 1. The topological polar surface area (TPSA) is 63.0 Å². The van der Waals surface area contributed by atoms with Gasteiger partial charge in [-0.1, -0.05) is 53.0 Å². The molecule has 0 saturated heterocycles. The molecule has 1 aromatic carbocycles. The molecule has 4 heterocycles. The van der Waals surface area contributed by atoms with Crippen LogP contribution in [-0.4, -0.2) is 19.6 Å². The Morgan fingerprint density at radius 3 is 2.48 bits per heavy atom. The zero-order chi connectivity index (χ0) is 21.7. The summed E-state index contributed by atoms with van der Waals surface area (Å²) in [6, 6.07) is 13.5. The van der Waals surface area contributed by atoms with Gasteiger partial charge >= 0.3 is 0 Å². The van der Waals surface area contributed by atoms with Gasteiger partial charge in [0.25, 0.3) is 5.56 Å². The molecule has 10 heteroatoms. The third-order valence-corrected chi connectivity index (χ3v) is 6.37. The fourth-order valence-corrected chi connectivity index (χ4v) is 4.60. The van der Waals surface area contributed by atoms with E-state index in [9.17, 15) is 9.18 Å². The number of aromatic nitrogens is 4. The lowest BCUT2D eigenvalue weighted by Gasteiger charge is -2.05. The van der Waals surface area contributed by atoms with Gasteiger partial charge in [0, 0.05) is 27.1 Å². The summed E-state index contributed by atoms with van der Waals surface area (Å²) in [6.07, 6.45) is 0. The molecule has 5 rings (SSSR count). The van der Waals surface area contributed by atoms with Crippen LogP contribution in [0.1, 0.15) is 0 Å². The average molecular weight is 492 g/mol. The van der Waals surface area contributed by atoms with Crippen molar-refractivity contribution in [1.29, 1.82) is 0 Å². The van der Waals surface area contributed by atoms with Crippen molar-refractivity contribution in [2.24, 2.45) is 0 Å². The summed E-state index contributed by atoms with van der Waals surface area (Å²) in [5.41, 5.74) is 2.62. The molecule has 1 N–H and O–H groups in total. The molecule has 0 unspecified atom stereocenters. The molecule has 0 atom stereocenters. The van der Waals surface area contributed by atoms with Crippen molar-refractivity contribution in [3.05, 3.63) is 85.4 Å². The van der Waals surface area contributed by atoms with Crippen LogP contribution in [0.4, 0.5) is 4.39 Å². The first-order valence-corrected chi connectivity index (χ1v) is 10.9. The number of benzene rings is 1. The number of pyridine rings is 1. The van der Waals surface area contributed by atoms with Crippen LogP contribution < -0.4 is 5.56 Å². The van der Waals surface area contributed by atoms with Gasteiger partial charge in [-0.2, -0.15) is 0 Å². The lowest BCUT2D eigenvalue weighted by Crippen LogP contribution is -2.14. The fourth-order valence-electron chi connectivity index (χ4n) is 3.28. The van der Waals surface area contributed by atoms with Crippen molar-refractivity contribution in [3.8, 4) is 33.0 Å². The molecule has 0 aliphatic carbocycles. The third-order valence-electron chi connectivity index (χ3n) is 4.68. The molecular formula is C21H10Cl3FN4OS. The summed E-state index contributed by atoms with van der Waals surface area (Å²) < 4.78 is 15.4. The average Bonchev–Trinajstić information content (AvgIpc) is 3.39. The van der Waals surface area contributed by atoms with Gasteiger partial charge in [-0.05, 0) is 29.6 Å². The predicted octanol–water partition coefficient (Wildman–Crippen LogP) is 6.58. The predicted molar refractivity (Wildman–Crippen MR) is 123 cm³/mol. The maximum absolute atomic E-state index is 14.0. The zero-order valence-corrected chi connectivity index (χ0v) is 18.5. The Hall–Kier alpha value is -2.71. The Bertz CT molecular complexity index is 1490. The molecule has 0 amide bonds. The molecule has 4 aromatic heterocycles. The molecule has 0 aliphatic heterocycles. The number of nitrogens with one attached hydrogen (secondary N) is 1. The molecule has 154 valence electrons. The molecule has 0 bridgehead atoms. The van der Waals surface area contributed by atoms with Crippen molar-refractivity contribution in [1.82, 2.24) is 19.6 Å². The van der Waals surface area contributed by atoms with E-state index in [1.807, 2.05) is 29.6 Å². The van der Waals surface area contributed by atoms with Gasteiger partial charge in [0.1, 0.15) is 5.15 Å². The summed E-state index contributed by atoms with van der Waals surface area (Å²) in [5, 5.41) is 5.27. The number of rotatable bonds is 3. The van der Waals surface area contributed by atoms with Gasteiger partial charge in [-0.3, -0.25) is 9.89 Å². The minimum atomic E-state index is -0.752. The lowest BCUT2D eigenvalue weighted by atomic mass is 10.1. The fraction of sp³-hybridized carbons (Fsp3) is 0. The maximum atomic E-state index is 14.0. The summed E-state index contributed by atoms with van der Waals surface area (Å²) in [6.45, 7) is 0. The van der Waals surface area contributed by atoms with Gasteiger partial charge in [0.05, 0.1) is 17.0 Å². The monoisotopic (exact) mass is 490 g/mol. The first-order valence-electron chi connectivity index (χ1n) is 8.90. The van der Waals surface area contributed by atoms with E-state index in [1.54, 1.807) is 12.1 Å². The molecule has 0 aliphatic rings. The van der Waals surface area contributed by atoms with E-state index in [1.165, 1.54) is 21.9 Å². The standard InChI is InChI=1S/C21H10Cl3FN4OS/c22-11-5-3-10(4-6-11)18-17(15-2-1-7-31-15)21-26-14(9-16(30)29(21)28-18)12-8-13(25)20(24)27-19(12)23/h1-9,28H. The molecule has 5 nitrogen and oxygen atoms in total. The highest BCUT2D eigenvalue weighted by Crippen LogP contribution is 2.38. The second kappa shape index (κ2) is 7.76. The number of hydrogen-bond acceptors (Lipinski definition) is 4. The van der Waals surface area contributed by atoms with E-state index in [4.69, 9.17) is 34.8 Å². The largest absolute Gasteiger partial charge is 0.288 e. The van der Waals surface area contributed by atoms with Crippen molar-refractivity contribution in [3.63, 3.8) is 0 Å². The quantitative estimate of drug-likeness (QED) is 0.290. The molecule has 31 heavy (non-hydrogen) atoms. The van der Waals surface area contributed by atoms with Crippen molar-refractivity contribution >= 4 is 51.8 Å². The van der Waals surface area contributed by atoms with E-state index in [2.05, 4.69) is 15.1 Å². The molecule has 5 aromatic rings. The minimum Gasteiger partial charge on any atom is -0.288 e. The van der Waals surface area contributed by atoms with Gasteiger partial charge in [-0.15, -0.1) is 11.3 Å². The van der Waals surface area contributed by atoms with E-state index < -0.39 is 5.82 Å². The molecule has 0 fully saturated rings. The summed E-state index contributed by atoms with van der Waals surface area (Å²) in [5.74, 6) is -0.752. The first kappa shape index (κ1) is 20.2. The summed E-state index contributed by atoms with van der Waals surface area (Å²) in [7, 11) is 0. The van der Waals surface area contributed by atoms with Crippen LogP contribution in [0.5, 0.6) is 0 Å². The van der Waals surface area contributed by atoms with Crippen LogP contribution in [0.15, 0.2) is 58.7 Å². The third kappa shape index (κ3) is 3.53. The molecule has 0 spiro atoms. The van der Waals surface area contributed by atoms with E-state index >= 15 is 0 Å². The number of halogens is 4. The number of hydrogen-bond donors (Lipinski definition) is 1. The normalized spacial score (nSPS) is 11.4. The van der Waals surface area contributed by atoms with Crippen LogP contribution in [-0.2, 0) is 0 Å². The first-order chi connectivity index (χ1) is 14.9. The number of nitrogens with zero attached hydrogens (tertiary/aromatic N) is 3. The van der Waals surface area contributed by atoms with Crippen LogP contribution in [0, 0.1) is 5.82 Å². The van der Waals surface area contributed by atoms with Gasteiger partial charge in [0.2, 0.25) is 0 Å². The molecular weight excluding hydrogens is 482 g/mol. The SMILES string of the molecule is O=c1cc(-c2cc(F)c(Cl)nc2Cl)nc2c(-c3cccs3)c(-c3ccc(Cl)cc3)[nH]n12. The van der Waals surface area contributed by atoms with Gasteiger partial charge < -0.3 is 0 Å². The highest BCUT2D eigenvalue weighted by molar-refractivity contribution is 7.13. The van der Waals surface area contributed by atoms with Crippen LogP contribution in [0.3, 0.4) is 0 Å². The van der Waals surface area contributed by atoms with Crippen LogP contribution in [0.25, 0.3) is 38.6 Å². The van der Waals surface area contributed by atoms with Crippen molar-refractivity contribution < 1.29 is 4.39 Å². The smallest absolute Gasteiger partial charge is 0.273 e. The molecule has 0 saturated carbocycles. The minimum absolute atomic E-state index is 0.0474. The highest BCUT2D eigenvalue weighted by atomic mass is 35.5. The van der Waals surface area contributed by atoms with E-state index in [0.29, 0.717) is 16.4 Å². The second-order valence-electron chi connectivity index (χ2n) is 6.58. The van der Waals surface area contributed by atoms with Crippen LogP contribution >= 0.6 is 46.1 Å². The van der Waals surface area contributed by atoms with Crippen LogP contribution in [0.2, 0.25) is 15.3 Å². The zero-order valence-electron chi connectivity index (χ0n) is 15.4. The summed E-state index contributed by atoms with van der Waals surface area (Å²) in [4.78, 5) is 22.3. The Labute approximate surface area is 193 Å². The Balaban J connectivity index is 1.83. The van der Waals surface area contributed by atoms with Crippen molar-refractivity contribution in [2.45, 2.75) is 0 Å². The van der Waals surface area contributed by atoms with E-state index in [0.717, 1.165) is 22.1 Å². The number of fused-ring (bicyclic) bond motifs is 1. The number of thiophene rings is 1. The molecule has 0 radical (unpaired) electrons. The summed E-state index contributed by atoms with van der Waals surface area (Å²) >= 11 is 19.4. The Morgan fingerprint density at radius 2 is 1.77 bits per heavy atom. The Morgan fingerprint density at radius 1 is 1.00 bits per heavy atom. The lowest BCUT2D eigenvalue weighted by molar-refractivity contribution is 0.622. The highest BCUT2D eigenvalue weighted by Gasteiger charge is 2.21. The van der Waals surface area contributed by atoms with Crippen molar-refractivity contribution in [2.75, 3.05) is 0 Å². The van der Waals surface area contributed by atoms with Gasteiger partial charge in [0.15, 0.2) is 16.6 Å². The number of H-pyrrole nitrogens is 1. The van der Waals surface area contributed by atoms with E-state index in [-0.39, 0.29) is 27.1 Å². The van der Waals surface area contributed by atoms with Gasteiger partial charge in [-0.25, -0.2) is 18.9 Å². The second-order valence-corrected chi connectivity index (χ2v) is 8.68.